The van der Waals surface area contributed by atoms with E-state index in [-0.39, 0.29) is 0 Å². The number of rotatable bonds is 7. The van der Waals surface area contributed by atoms with Crippen LogP contribution in [-0.2, 0) is 9.39 Å². The number of nitrogens with zero attached hydrogens (tertiary/aromatic N) is 2. The quantitative estimate of drug-likeness (QED) is 0.499. The van der Waals surface area contributed by atoms with Gasteiger partial charge in [-0.05, 0) is 58.3 Å². The summed E-state index contributed by atoms with van der Waals surface area (Å²) in [5, 5.41) is 14.6. The van der Waals surface area contributed by atoms with Crippen molar-refractivity contribution in [3.8, 4) is 11.3 Å². The van der Waals surface area contributed by atoms with Crippen LogP contribution in [0, 0.1) is 0 Å². The Hall–Kier alpha value is -2.58. The number of carbonyl (C=O) groups is 1. The van der Waals surface area contributed by atoms with Gasteiger partial charge in [-0.3, -0.25) is 0 Å². The second-order valence-electron chi connectivity index (χ2n) is 7.57. The van der Waals surface area contributed by atoms with E-state index in [1.165, 1.54) is 6.26 Å². The highest BCUT2D eigenvalue weighted by Gasteiger charge is 2.36. The third kappa shape index (κ3) is 3.98. The summed E-state index contributed by atoms with van der Waals surface area (Å²) >= 11 is 0. The fraction of sp³-hybridized carbons (Fsp3) is 0.400. The van der Waals surface area contributed by atoms with Crippen LogP contribution in [0.1, 0.15) is 45.0 Å². The van der Waals surface area contributed by atoms with Gasteiger partial charge in [0.05, 0.1) is 28.9 Å². The number of fused-ring (bicyclic) bond motifs is 1. The van der Waals surface area contributed by atoms with Gasteiger partial charge in [0.15, 0.2) is 0 Å². The number of hydrogen-bond acceptors (Lipinski definition) is 6. The average Bonchev–Trinajstić information content (AvgIpc) is 3.26. The van der Waals surface area contributed by atoms with Gasteiger partial charge in [0, 0.05) is 18.0 Å². The zero-order valence-electron chi connectivity index (χ0n) is 16.7. The molecule has 0 fully saturated rings. The minimum absolute atomic E-state index is 0.307. The molecule has 147 valence electrons. The Labute approximate surface area is 164 Å². The van der Waals surface area contributed by atoms with Crippen molar-refractivity contribution >= 4 is 24.4 Å². The fourth-order valence-corrected chi connectivity index (χ4v) is 2.41. The van der Waals surface area contributed by atoms with E-state index in [1.807, 2.05) is 26.0 Å². The molecule has 0 bridgehead atoms. The van der Waals surface area contributed by atoms with Gasteiger partial charge in [-0.1, -0.05) is 0 Å². The first kappa shape index (κ1) is 20.2. The van der Waals surface area contributed by atoms with Gasteiger partial charge in [0.25, 0.3) is 0 Å². The monoisotopic (exact) mass is 383 g/mol. The van der Waals surface area contributed by atoms with Gasteiger partial charge in [0.2, 0.25) is 0 Å². The van der Waals surface area contributed by atoms with Crippen molar-refractivity contribution in [2.45, 2.75) is 45.8 Å². The Balaban J connectivity index is 1.86. The Morgan fingerprint density at radius 3 is 2.75 bits per heavy atom. The molecular weight excluding hydrogens is 359 g/mol. The molecule has 3 rings (SSSR count). The summed E-state index contributed by atoms with van der Waals surface area (Å²) in [5.41, 5.74) is 0.922. The molecule has 0 saturated carbocycles. The molecule has 3 aromatic rings. The van der Waals surface area contributed by atoms with Crippen molar-refractivity contribution in [1.82, 2.24) is 9.61 Å². The maximum absolute atomic E-state index is 11.8. The van der Waals surface area contributed by atoms with Crippen LogP contribution < -0.4 is 5.46 Å². The molecule has 8 heteroatoms. The third-order valence-electron chi connectivity index (χ3n) is 4.90. The van der Waals surface area contributed by atoms with Gasteiger partial charge in [0.1, 0.15) is 12.0 Å². The van der Waals surface area contributed by atoms with E-state index in [2.05, 4.69) is 5.10 Å². The molecule has 0 spiro atoms. The molecule has 1 N–H and O–H groups in total. The van der Waals surface area contributed by atoms with E-state index in [0.717, 1.165) is 16.5 Å². The fourth-order valence-electron chi connectivity index (χ4n) is 2.41. The van der Waals surface area contributed by atoms with Crippen molar-refractivity contribution in [1.29, 1.82) is 0 Å². The predicted molar refractivity (Wildman–Crippen MR) is 106 cm³/mol. The Kier molecular flexibility index (Phi) is 5.36. The predicted octanol–water partition coefficient (Wildman–Crippen LogP) is 2.58. The second-order valence-corrected chi connectivity index (χ2v) is 7.57. The molecule has 0 atom stereocenters. The Morgan fingerprint density at radius 1 is 1.32 bits per heavy atom. The molecule has 3 heterocycles. The topological polar surface area (TPSA) is 86.2 Å². The molecule has 28 heavy (non-hydrogen) atoms. The number of pyridine rings is 1. The lowest BCUT2D eigenvalue weighted by Gasteiger charge is -2.37. The van der Waals surface area contributed by atoms with Crippen LogP contribution in [0.2, 0.25) is 0 Å². The number of furan rings is 1. The van der Waals surface area contributed by atoms with Crippen LogP contribution in [0.25, 0.3) is 16.8 Å². The van der Waals surface area contributed by atoms with E-state index in [4.69, 9.17) is 13.8 Å². The lowest BCUT2D eigenvalue weighted by molar-refractivity contribution is -0.0893. The summed E-state index contributed by atoms with van der Waals surface area (Å²) in [5.74, 6) is 0.134. The first-order chi connectivity index (χ1) is 13.1. The molecule has 0 aliphatic rings. The summed E-state index contributed by atoms with van der Waals surface area (Å²) in [6, 6.07) is 5.39. The molecule has 3 aromatic heterocycles. The minimum Gasteiger partial charge on any atom is -0.463 e. The minimum atomic E-state index is -1.02. The van der Waals surface area contributed by atoms with Crippen LogP contribution in [0.4, 0.5) is 0 Å². The normalized spacial score (nSPS) is 12.4. The maximum Gasteiger partial charge on any atom is 0.341 e. The first-order valence-corrected chi connectivity index (χ1v) is 9.09. The summed E-state index contributed by atoms with van der Waals surface area (Å²) < 4.78 is 18.1. The van der Waals surface area contributed by atoms with Gasteiger partial charge < -0.3 is 18.9 Å². The van der Waals surface area contributed by atoms with Gasteiger partial charge in [-0.2, -0.15) is 5.10 Å². The van der Waals surface area contributed by atoms with Crippen molar-refractivity contribution in [3.05, 3.63) is 42.4 Å². The molecule has 0 unspecified atom stereocenters. The summed E-state index contributed by atoms with van der Waals surface area (Å²) in [6.45, 7) is 9.11. The standard InChI is InChI=1S/C20H24BN2O5/c1-6-26-18(24)14-10-17(27-12-14)13-7-8-23-16(9-13)15(11-22-23)21-28-20(4,5)19(2,3)25/h7-12,25H,6H2,1-5H3. The lowest BCUT2D eigenvalue weighted by Crippen LogP contribution is -2.49. The van der Waals surface area contributed by atoms with Crippen LogP contribution in [-0.4, -0.2) is 46.0 Å². The number of aliphatic hydroxyl groups is 1. The number of carbonyl (C=O) groups excluding carboxylic acids is 1. The summed E-state index contributed by atoms with van der Waals surface area (Å²) in [6.07, 6.45) is 4.87. The molecule has 7 nitrogen and oxygen atoms in total. The van der Waals surface area contributed by atoms with Crippen LogP contribution in [0.5, 0.6) is 0 Å². The molecule has 0 amide bonds. The van der Waals surface area contributed by atoms with Crippen molar-refractivity contribution in [2.75, 3.05) is 6.61 Å². The van der Waals surface area contributed by atoms with Gasteiger partial charge in [-0.25, -0.2) is 9.31 Å². The van der Waals surface area contributed by atoms with Crippen LogP contribution in [0.3, 0.4) is 0 Å². The van der Waals surface area contributed by atoms with E-state index >= 15 is 0 Å². The average molecular weight is 383 g/mol. The van der Waals surface area contributed by atoms with Crippen molar-refractivity contribution in [2.24, 2.45) is 0 Å². The van der Waals surface area contributed by atoms with Crippen molar-refractivity contribution < 1.29 is 23.7 Å². The SMILES string of the molecule is CCOC(=O)c1coc(-c2ccn3ncc([B]OC(C)(C)C(C)(C)O)c3c2)c1. The zero-order chi connectivity index (χ0) is 20.5. The van der Waals surface area contributed by atoms with Gasteiger partial charge in [-0.15, -0.1) is 0 Å². The van der Waals surface area contributed by atoms with Crippen molar-refractivity contribution in [3.63, 3.8) is 0 Å². The summed E-state index contributed by atoms with van der Waals surface area (Å²) in [4.78, 5) is 11.8. The number of esters is 1. The highest BCUT2D eigenvalue weighted by atomic mass is 16.5. The summed E-state index contributed by atoms with van der Waals surface area (Å²) in [7, 11) is 1.59. The van der Waals surface area contributed by atoms with Crippen LogP contribution in [0.15, 0.2) is 41.3 Å². The second kappa shape index (κ2) is 7.45. The van der Waals surface area contributed by atoms with Gasteiger partial charge >= 0.3 is 13.5 Å². The maximum atomic E-state index is 11.8. The van der Waals surface area contributed by atoms with Crippen LogP contribution >= 0.6 is 0 Å². The highest BCUT2D eigenvalue weighted by Crippen LogP contribution is 2.25. The molecule has 0 aliphatic heterocycles. The Bertz CT molecular complexity index is 984. The number of ether oxygens (including phenoxy) is 1. The van der Waals surface area contributed by atoms with E-state index in [1.54, 1.807) is 51.2 Å². The number of aromatic nitrogens is 2. The third-order valence-corrected chi connectivity index (χ3v) is 4.90. The molecule has 0 aromatic carbocycles. The zero-order valence-corrected chi connectivity index (χ0v) is 16.7. The molecular formula is C20H24BN2O5. The van der Waals surface area contributed by atoms with E-state index in [9.17, 15) is 9.90 Å². The van der Waals surface area contributed by atoms with E-state index < -0.39 is 17.2 Å². The molecule has 0 aliphatic carbocycles. The highest BCUT2D eigenvalue weighted by molar-refractivity contribution is 6.50. The van der Waals surface area contributed by atoms with E-state index in [0.29, 0.717) is 17.9 Å². The Morgan fingerprint density at radius 2 is 2.07 bits per heavy atom. The molecule has 1 radical (unpaired) electrons. The largest absolute Gasteiger partial charge is 0.463 e. The first-order valence-electron chi connectivity index (χ1n) is 9.09. The molecule has 0 saturated heterocycles. The number of hydrogen-bond donors (Lipinski definition) is 1. The lowest BCUT2D eigenvalue weighted by atomic mass is 9.83. The smallest absolute Gasteiger partial charge is 0.341 e.